The predicted molar refractivity (Wildman–Crippen MR) is 77.7 cm³/mol. The van der Waals surface area contributed by atoms with E-state index in [0.717, 1.165) is 11.8 Å². The van der Waals surface area contributed by atoms with Crippen LogP contribution in [0.1, 0.15) is 27.2 Å². The highest BCUT2D eigenvalue weighted by Crippen LogP contribution is 2.35. The normalized spacial score (nSPS) is 16.0. The van der Waals surface area contributed by atoms with Gasteiger partial charge in [-0.25, -0.2) is 0 Å². The molecule has 0 saturated heterocycles. The van der Waals surface area contributed by atoms with Crippen LogP contribution < -0.4 is 9.47 Å². The minimum atomic E-state index is -1.64. The van der Waals surface area contributed by atoms with E-state index < -0.39 is 40.4 Å². The van der Waals surface area contributed by atoms with Gasteiger partial charge >= 0.3 is 0 Å². The molecule has 0 amide bonds. The van der Waals surface area contributed by atoms with Crippen LogP contribution in [0.4, 0.5) is 17.6 Å². The molecule has 0 radical (unpaired) electrons. The molecule has 128 valence electrons. The van der Waals surface area contributed by atoms with E-state index in [9.17, 15) is 17.6 Å². The Bertz CT molecular complexity index is 608. The highest BCUT2D eigenvalue weighted by Gasteiger charge is 2.30. The van der Waals surface area contributed by atoms with E-state index in [2.05, 4.69) is 9.89 Å². The zero-order valence-corrected chi connectivity index (χ0v) is 13.5. The largest absolute Gasteiger partial charge is 0.488 e. The molecule has 2 rings (SSSR count). The lowest BCUT2D eigenvalue weighted by Gasteiger charge is -2.14. The zero-order valence-electron chi connectivity index (χ0n) is 12.7. The summed E-state index contributed by atoms with van der Waals surface area (Å²) in [5, 5.41) is 4.34. The van der Waals surface area contributed by atoms with Gasteiger partial charge in [0.2, 0.25) is 23.3 Å². The number of benzene rings is 1. The van der Waals surface area contributed by atoms with Crippen molar-refractivity contribution in [2.45, 2.75) is 32.8 Å². The first kappa shape index (κ1) is 17.7. The fourth-order valence-corrected chi connectivity index (χ4v) is 2.68. The van der Waals surface area contributed by atoms with Gasteiger partial charge in [0, 0.05) is 6.42 Å². The summed E-state index contributed by atoms with van der Waals surface area (Å²) in [5.74, 6) is -9.05. The van der Waals surface area contributed by atoms with Crippen molar-refractivity contribution < 1.29 is 31.9 Å². The average Bonchev–Trinajstić information content (AvgIpc) is 2.84. The molecule has 1 aliphatic rings. The van der Waals surface area contributed by atoms with Crippen LogP contribution in [-0.4, -0.2) is 23.2 Å². The first-order valence-corrected chi connectivity index (χ1v) is 7.74. The van der Waals surface area contributed by atoms with Gasteiger partial charge in [0.15, 0.2) is 11.5 Å². The van der Waals surface area contributed by atoms with Gasteiger partial charge in [0.05, 0.1) is 6.61 Å². The molecule has 1 aromatic rings. The van der Waals surface area contributed by atoms with E-state index in [1.54, 1.807) is 0 Å². The van der Waals surface area contributed by atoms with Gasteiger partial charge in [-0.3, -0.25) is 0 Å². The Morgan fingerprint density at radius 1 is 1.04 bits per heavy atom. The second kappa shape index (κ2) is 6.86. The number of nitrogens with zero attached hydrogens (tertiary/aromatic N) is 1. The first-order valence-electron chi connectivity index (χ1n) is 6.76. The van der Waals surface area contributed by atoms with Crippen LogP contribution in [0.3, 0.4) is 0 Å². The van der Waals surface area contributed by atoms with Gasteiger partial charge in [-0.05, 0) is 20.8 Å². The van der Waals surface area contributed by atoms with E-state index in [4.69, 9.17) is 9.57 Å². The number of oxime groups is 1. The standard InChI is InChI=1S/C14H15F4NO3S/c1-4-20-12-8(15)10(17)13(11(18)9(12)16)21-6-23-7-5-14(2,3)22-19-7/h4-6H2,1-3H3. The van der Waals surface area contributed by atoms with Gasteiger partial charge in [0.1, 0.15) is 16.6 Å². The summed E-state index contributed by atoms with van der Waals surface area (Å²) in [7, 11) is 0. The van der Waals surface area contributed by atoms with Crippen LogP contribution in [0.5, 0.6) is 11.5 Å². The fourth-order valence-electron chi connectivity index (χ4n) is 1.83. The molecule has 23 heavy (non-hydrogen) atoms. The molecular weight excluding hydrogens is 338 g/mol. The number of halogens is 4. The van der Waals surface area contributed by atoms with Gasteiger partial charge in [-0.15, -0.1) is 0 Å². The van der Waals surface area contributed by atoms with Crippen LogP contribution in [0.25, 0.3) is 0 Å². The monoisotopic (exact) mass is 353 g/mol. The summed E-state index contributed by atoms with van der Waals surface area (Å²) in [4.78, 5) is 5.11. The van der Waals surface area contributed by atoms with Gasteiger partial charge in [-0.1, -0.05) is 16.9 Å². The van der Waals surface area contributed by atoms with Crippen molar-refractivity contribution in [1.82, 2.24) is 0 Å². The van der Waals surface area contributed by atoms with Crippen LogP contribution >= 0.6 is 11.8 Å². The lowest BCUT2D eigenvalue weighted by Crippen LogP contribution is -2.18. The Balaban J connectivity index is 2.09. The Hall–Kier alpha value is -1.64. The number of rotatable bonds is 5. The molecule has 0 aromatic heterocycles. The van der Waals surface area contributed by atoms with E-state index in [1.807, 2.05) is 13.8 Å². The van der Waals surface area contributed by atoms with E-state index >= 15 is 0 Å². The van der Waals surface area contributed by atoms with Crippen LogP contribution in [0, 0.1) is 23.3 Å². The molecule has 0 saturated carbocycles. The molecule has 0 spiro atoms. The number of ether oxygens (including phenoxy) is 2. The molecule has 9 heteroatoms. The SMILES string of the molecule is CCOc1c(F)c(F)c(OCSC2=NOC(C)(C)C2)c(F)c1F. The summed E-state index contributed by atoms with van der Waals surface area (Å²) in [6.45, 7) is 4.93. The third-order valence-electron chi connectivity index (χ3n) is 2.87. The van der Waals surface area contributed by atoms with E-state index in [1.165, 1.54) is 6.92 Å². The van der Waals surface area contributed by atoms with Crippen LogP contribution in [0.2, 0.25) is 0 Å². The molecule has 1 aromatic carbocycles. The van der Waals surface area contributed by atoms with Gasteiger partial charge < -0.3 is 14.3 Å². The smallest absolute Gasteiger partial charge is 0.207 e. The van der Waals surface area contributed by atoms with E-state index in [0.29, 0.717) is 11.5 Å². The third-order valence-corrected chi connectivity index (χ3v) is 3.66. The summed E-state index contributed by atoms with van der Waals surface area (Å²) in [5.41, 5.74) is -0.462. The molecule has 1 aliphatic heterocycles. The van der Waals surface area contributed by atoms with Crippen molar-refractivity contribution in [2.75, 3.05) is 12.5 Å². The third kappa shape index (κ3) is 3.82. The van der Waals surface area contributed by atoms with Crippen molar-refractivity contribution in [1.29, 1.82) is 0 Å². The molecule has 0 fully saturated rings. The van der Waals surface area contributed by atoms with Gasteiger partial charge in [-0.2, -0.15) is 17.6 Å². The molecular formula is C14H15F4NO3S. The Morgan fingerprint density at radius 3 is 2.00 bits per heavy atom. The molecule has 1 heterocycles. The number of hydrogen-bond acceptors (Lipinski definition) is 5. The summed E-state index contributed by atoms with van der Waals surface area (Å²) in [6.07, 6.45) is 0.498. The maximum Gasteiger partial charge on any atom is 0.207 e. The molecule has 0 unspecified atom stereocenters. The van der Waals surface area contributed by atoms with Crippen LogP contribution in [0.15, 0.2) is 5.16 Å². The zero-order chi connectivity index (χ0) is 17.2. The Morgan fingerprint density at radius 2 is 1.57 bits per heavy atom. The average molecular weight is 353 g/mol. The summed E-state index contributed by atoms with van der Waals surface area (Å²) >= 11 is 1.02. The highest BCUT2D eigenvalue weighted by molar-refractivity contribution is 8.13. The minimum Gasteiger partial charge on any atom is -0.488 e. The summed E-state index contributed by atoms with van der Waals surface area (Å²) in [6, 6.07) is 0. The minimum absolute atomic E-state index is 0.140. The molecule has 0 N–H and O–H groups in total. The lowest BCUT2D eigenvalue weighted by atomic mass is 10.1. The van der Waals surface area contributed by atoms with Crippen molar-refractivity contribution >= 4 is 16.8 Å². The Labute approximate surface area is 134 Å². The van der Waals surface area contributed by atoms with E-state index in [-0.39, 0.29) is 12.5 Å². The molecule has 0 aliphatic carbocycles. The molecule has 0 bridgehead atoms. The van der Waals surface area contributed by atoms with Crippen molar-refractivity contribution in [2.24, 2.45) is 5.16 Å². The maximum atomic E-state index is 13.8. The fraction of sp³-hybridized carbons (Fsp3) is 0.500. The topological polar surface area (TPSA) is 40.0 Å². The van der Waals surface area contributed by atoms with Crippen molar-refractivity contribution in [3.8, 4) is 11.5 Å². The predicted octanol–water partition coefficient (Wildman–Crippen LogP) is 4.22. The summed E-state index contributed by atoms with van der Waals surface area (Å²) < 4.78 is 64.4. The molecule has 4 nitrogen and oxygen atoms in total. The second-order valence-corrected chi connectivity index (χ2v) is 6.26. The van der Waals surface area contributed by atoms with Gasteiger partial charge in [0.25, 0.3) is 0 Å². The highest BCUT2D eigenvalue weighted by atomic mass is 32.2. The maximum absolute atomic E-state index is 13.8. The molecule has 0 atom stereocenters. The van der Waals surface area contributed by atoms with Crippen molar-refractivity contribution in [3.63, 3.8) is 0 Å². The second-order valence-electron chi connectivity index (χ2n) is 5.27. The Kier molecular flexibility index (Phi) is 5.28. The quantitative estimate of drug-likeness (QED) is 0.451. The lowest BCUT2D eigenvalue weighted by molar-refractivity contribution is 0.0123. The van der Waals surface area contributed by atoms with Crippen molar-refractivity contribution in [3.05, 3.63) is 23.3 Å². The number of hydrogen-bond donors (Lipinski definition) is 0. The number of thioether (sulfide) groups is 1. The first-order chi connectivity index (χ1) is 10.8. The van der Waals surface area contributed by atoms with Crippen LogP contribution in [-0.2, 0) is 4.84 Å².